The molecule has 6 nitrogen and oxygen atoms in total. The normalized spacial score (nSPS) is 11.4. The summed E-state index contributed by atoms with van der Waals surface area (Å²) in [6, 6.07) is 7.81. The van der Waals surface area contributed by atoms with Crippen LogP contribution in [-0.4, -0.2) is 38.7 Å². The minimum absolute atomic E-state index is 0.103. The lowest BCUT2D eigenvalue weighted by Crippen LogP contribution is -2.20. The van der Waals surface area contributed by atoms with Gasteiger partial charge in [-0.15, -0.1) is 0 Å². The van der Waals surface area contributed by atoms with E-state index in [0.717, 1.165) is 48.4 Å². The molecule has 0 bridgehead atoms. The summed E-state index contributed by atoms with van der Waals surface area (Å²) >= 11 is 0. The quantitative estimate of drug-likeness (QED) is 0.656. The van der Waals surface area contributed by atoms with E-state index in [1.54, 1.807) is 0 Å². The second kappa shape index (κ2) is 8.48. The fraction of sp³-hybridized carbons (Fsp3) is 0.381. The van der Waals surface area contributed by atoms with Crippen molar-refractivity contribution in [3.63, 3.8) is 0 Å². The lowest BCUT2D eigenvalue weighted by Gasteiger charge is -2.17. The van der Waals surface area contributed by atoms with Crippen LogP contribution in [0.4, 0.5) is 4.39 Å². The smallest absolute Gasteiger partial charge is 0.287 e. The van der Waals surface area contributed by atoms with Crippen molar-refractivity contribution in [3.05, 3.63) is 68.6 Å². The summed E-state index contributed by atoms with van der Waals surface area (Å²) < 4.78 is 13.5. The summed E-state index contributed by atoms with van der Waals surface area (Å²) in [6.45, 7) is 7.32. The van der Waals surface area contributed by atoms with Crippen LogP contribution in [0.1, 0.15) is 34.6 Å². The van der Waals surface area contributed by atoms with Crippen molar-refractivity contribution in [2.24, 2.45) is 0 Å². The Balaban J connectivity index is 1.63. The summed E-state index contributed by atoms with van der Waals surface area (Å²) in [5, 5.41) is 7.27. The van der Waals surface area contributed by atoms with Crippen LogP contribution >= 0.6 is 0 Å². The molecule has 0 fully saturated rings. The van der Waals surface area contributed by atoms with E-state index in [0.29, 0.717) is 5.82 Å². The molecule has 148 valence electrons. The van der Waals surface area contributed by atoms with E-state index in [-0.39, 0.29) is 5.69 Å². The summed E-state index contributed by atoms with van der Waals surface area (Å²) in [4.78, 5) is 20.6. The largest absolute Gasteiger partial charge is 0.304 e. The number of H-pyrrole nitrogens is 2. The fourth-order valence-corrected chi connectivity index (χ4v) is 3.38. The van der Waals surface area contributed by atoms with E-state index >= 15 is 0 Å². The number of hydrogen-bond acceptors (Lipinski definition) is 4. The third-order valence-corrected chi connectivity index (χ3v) is 4.93. The number of nitrogens with zero attached hydrogens (tertiary/aromatic N) is 3. The first kappa shape index (κ1) is 19.9. The van der Waals surface area contributed by atoms with Crippen LogP contribution in [0.3, 0.4) is 0 Å². The second-order valence-electron chi connectivity index (χ2n) is 7.27. The van der Waals surface area contributed by atoms with E-state index in [9.17, 15) is 9.18 Å². The van der Waals surface area contributed by atoms with Crippen molar-refractivity contribution in [3.8, 4) is 11.4 Å². The number of hydrogen-bond donors (Lipinski definition) is 2. The first-order chi connectivity index (χ1) is 13.3. The zero-order valence-electron chi connectivity index (χ0n) is 16.8. The van der Waals surface area contributed by atoms with Crippen molar-refractivity contribution < 1.29 is 4.39 Å². The average molecular weight is 383 g/mol. The molecule has 2 aromatic heterocycles. The van der Waals surface area contributed by atoms with Gasteiger partial charge in [-0.05, 0) is 64.4 Å². The Labute approximate surface area is 163 Å². The molecule has 0 saturated carbocycles. The van der Waals surface area contributed by atoms with Gasteiger partial charge in [-0.3, -0.25) is 9.89 Å². The van der Waals surface area contributed by atoms with Crippen LogP contribution < -0.4 is 5.56 Å². The van der Waals surface area contributed by atoms with Gasteiger partial charge < -0.3 is 9.88 Å². The molecular formula is C21H26FN5O. The maximum atomic E-state index is 13.5. The molecule has 0 aliphatic heterocycles. The summed E-state index contributed by atoms with van der Waals surface area (Å²) in [5.74, 6) is -0.443. The monoisotopic (exact) mass is 383 g/mol. The predicted molar refractivity (Wildman–Crippen MR) is 108 cm³/mol. The molecule has 0 saturated heterocycles. The molecule has 0 aliphatic carbocycles. The van der Waals surface area contributed by atoms with Gasteiger partial charge >= 0.3 is 0 Å². The van der Waals surface area contributed by atoms with Gasteiger partial charge in [0.2, 0.25) is 5.82 Å². The molecular weight excluding hydrogens is 357 g/mol. The highest BCUT2D eigenvalue weighted by Gasteiger charge is 2.10. The first-order valence-electron chi connectivity index (χ1n) is 9.40. The van der Waals surface area contributed by atoms with Gasteiger partial charge in [0.1, 0.15) is 5.82 Å². The lowest BCUT2D eigenvalue weighted by atomic mass is 10.1. The SMILES string of the molecule is Cc1n[nH]c(C)c1CCCN(C)Cc1cccc(-c2nc(C)c(F)c(=O)[nH]2)c1. The van der Waals surface area contributed by atoms with Crippen LogP contribution in [0.5, 0.6) is 0 Å². The molecule has 7 heteroatoms. The Morgan fingerprint density at radius 3 is 2.64 bits per heavy atom. The molecule has 2 heterocycles. The predicted octanol–water partition coefficient (Wildman–Crippen LogP) is 3.29. The van der Waals surface area contributed by atoms with Crippen LogP contribution in [0.25, 0.3) is 11.4 Å². The summed E-state index contributed by atoms with van der Waals surface area (Å²) in [6.07, 6.45) is 2.04. The Morgan fingerprint density at radius 1 is 1.18 bits per heavy atom. The van der Waals surface area contributed by atoms with Crippen molar-refractivity contribution in [2.45, 2.75) is 40.2 Å². The van der Waals surface area contributed by atoms with Gasteiger partial charge in [-0.2, -0.15) is 9.49 Å². The van der Waals surface area contributed by atoms with E-state index in [1.807, 2.05) is 31.2 Å². The second-order valence-corrected chi connectivity index (χ2v) is 7.27. The van der Waals surface area contributed by atoms with Gasteiger partial charge in [0.05, 0.1) is 11.4 Å². The Hall–Kier alpha value is -2.80. The standard InChI is InChI=1S/C21H26FN5O/c1-13-18(14(2)26-25-13)9-6-10-27(4)12-16-7-5-8-17(11-16)20-23-15(3)19(22)21(28)24-20/h5,7-8,11H,6,9-10,12H2,1-4H3,(H,25,26)(H,23,24,28). The highest BCUT2D eigenvalue weighted by atomic mass is 19.1. The van der Waals surface area contributed by atoms with E-state index in [4.69, 9.17) is 0 Å². The lowest BCUT2D eigenvalue weighted by molar-refractivity contribution is 0.322. The number of aromatic amines is 2. The third-order valence-electron chi connectivity index (χ3n) is 4.93. The van der Waals surface area contributed by atoms with Crippen molar-refractivity contribution in [1.29, 1.82) is 0 Å². The Kier molecular flexibility index (Phi) is 6.04. The molecule has 0 spiro atoms. The van der Waals surface area contributed by atoms with Gasteiger partial charge in [-0.1, -0.05) is 18.2 Å². The van der Waals surface area contributed by atoms with Crippen LogP contribution in [0, 0.1) is 26.6 Å². The molecule has 2 N–H and O–H groups in total. The van der Waals surface area contributed by atoms with Crippen LogP contribution in [-0.2, 0) is 13.0 Å². The van der Waals surface area contributed by atoms with Crippen molar-refractivity contribution in [1.82, 2.24) is 25.1 Å². The number of rotatable bonds is 7. The number of aryl methyl sites for hydroxylation is 3. The molecule has 3 rings (SSSR count). The number of aromatic nitrogens is 4. The third kappa shape index (κ3) is 4.54. The highest BCUT2D eigenvalue weighted by Crippen LogP contribution is 2.18. The molecule has 0 aliphatic rings. The van der Waals surface area contributed by atoms with Crippen LogP contribution in [0.2, 0.25) is 0 Å². The molecule has 0 radical (unpaired) electrons. The van der Waals surface area contributed by atoms with Gasteiger partial charge in [-0.25, -0.2) is 4.98 Å². The van der Waals surface area contributed by atoms with Crippen molar-refractivity contribution >= 4 is 0 Å². The Morgan fingerprint density at radius 2 is 1.96 bits per heavy atom. The highest BCUT2D eigenvalue weighted by molar-refractivity contribution is 5.56. The average Bonchev–Trinajstić information content (AvgIpc) is 2.98. The maximum absolute atomic E-state index is 13.5. The summed E-state index contributed by atoms with van der Waals surface area (Å²) in [7, 11) is 2.09. The maximum Gasteiger partial charge on any atom is 0.287 e. The van der Waals surface area contributed by atoms with E-state index < -0.39 is 11.4 Å². The topological polar surface area (TPSA) is 77.7 Å². The molecule has 0 amide bonds. The van der Waals surface area contributed by atoms with Gasteiger partial charge in [0.25, 0.3) is 5.56 Å². The molecule has 0 unspecified atom stereocenters. The van der Waals surface area contributed by atoms with E-state index in [2.05, 4.69) is 39.0 Å². The molecule has 28 heavy (non-hydrogen) atoms. The van der Waals surface area contributed by atoms with Gasteiger partial charge in [0.15, 0.2) is 0 Å². The van der Waals surface area contributed by atoms with Gasteiger partial charge in [0, 0.05) is 17.8 Å². The van der Waals surface area contributed by atoms with Crippen molar-refractivity contribution in [2.75, 3.05) is 13.6 Å². The minimum Gasteiger partial charge on any atom is -0.304 e. The van der Waals surface area contributed by atoms with E-state index in [1.165, 1.54) is 12.5 Å². The number of halogens is 1. The Bertz CT molecular complexity index is 1000. The fourth-order valence-electron chi connectivity index (χ4n) is 3.38. The summed E-state index contributed by atoms with van der Waals surface area (Å²) in [5.41, 5.74) is 4.77. The zero-order valence-corrected chi connectivity index (χ0v) is 16.8. The number of benzene rings is 1. The first-order valence-corrected chi connectivity index (χ1v) is 9.40. The number of nitrogens with one attached hydrogen (secondary N) is 2. The minimum atomic E-state index is -0.831. The molecule has 3 aromatic rings. The zero-order chi connectivity index (χ0) is 20.3. The molecule has 0 atom stereocenters. The van der Waals surface area contributed by atoms with Crippen LogP contribution in [0.15, 0.2) is 29.1 Å². The molecule has 1 aromatic carbocycles.